The Hall–Kier alpha value is -1.42. The van der Waals surface area contributed by atoms with E-state index in [1.807, 2.05) is 12.2 Å². The smallest absolute Gasteiger partial charge is 0.103 e. The Morgan fingerprint density at radius 2 is 2.40 bits per heavy atom. The minimum absolute atomic E-state index is 0.389. The highest BCUT2D eigenvalue weighted by Gasteiger charge is 2.21. The van der Waals surface area contributed by atoms with Gasteiger partial charge in [0.1, 0.15) is 5.82 Å². The minimum atomic E-state index is 0.389. The molecule has 0 saturated carbocycles. The van der Waals surface area contributed by atoms with Crippen LogP contribution in [0.1, 0.15) is 6.92 Å². The number of nitrogens with one attached hydrogen (secondary N) is 1. The highest BCUT2D eigenvalue weighted by atomic mass is 16.5. The molecule has 0 aliphatic carbocycles. The highest BCUT2D eigenvalue weighted by Crippen LogP contribution is 2.19. The molecule has 2 aliphatic heterocycles. The molecule has 4 nitrogen and oxygen atoms in total. The maximum Gasteiger partial charge on any atom is 0.103 e. The van der Waals surface area contributed by atoms with Crippen LogP contribution in [0.2, 0.25) is 0 Å². The maximum absolute atomic E-state index is 5.76. The molecule has 1 saturated heterocycles. The van der Waals surface area contributed by atoms with E-state index in [2.05, 4.69) is 23.7 Å². The predicted molar refractivity (Wildman–Crippen MR) is 59.6 cm³/mol. The van der Waals surface area contributed by atoms with Gasteiger partial charge in [-0.15, -0.1) is 0 Å². The second kappa shape index (κ2) is 3.98. The molecule has 0 bridgehead atoms. The first-order valence-electron chi connectivity index (χ1n) is 5.16. The summed E-state index contributed by atoms with van der Waals surface area (Å²) in [7, 11) is 0. The third-order valence-electron chi connectivity index (χ3n) is 2.63. The van der Waals surface area contributed by atoms with E-state index >= 15 is 0 Å². The quantitative estimate of drug-likeness (QED) is 0.657. The lowest BCUT2D eigenvalue weighted by Crippen LogP contribution is -2.43. The van der Waals surface area contributed by atoms with Crippen molar-refractivity contribution in [2.45, 2.75) is 13.0 Å². The van der Waals surface area contributed by atoms with Crippen molar-refractivity contribution in [2.24, 2.45) is 5.73 Å². The molecule has 0 aromatic carbocycles. The largest absolute Gasteiger partial charge is 0.385 e. The Morgan fingerprint density at radius 1 is 1.60 bits per heavy atom. The van der Waals surface area contributed by atoms with E-state index in [1.54, 1.807) is 0 Å². The maximum atomic E-state index is 5.76. The van der Waals surface area contributed by atoms with Crippen LogP contribution in [0.25, 0.3) is 0 Å². The van der Waals surface area contributed by atoms with Gasteiger partial charge in [0.15, 0.2) is 0 Å². The van der Waals surface area contributed by atoms with Crippen LogP contribution in [0.3, 0.4) is 0 Å². The fourth-order valence-corrected chi connectivity index (χ4v) is 1.91. The number of nitrogens with two attached hydrogens (primary N) is 1. The Balaban J connectivity index is 2.18. The summed E-state index contributed by atoms with van der Waals surface area (Å²) < 4.78 is 5.40. The average Bonchev–Trinajstić information content (AvgIpc) is 2.16. The second-order valence-corrected chi connectivity index (χ2v) is 3.94. The lowest BCUT2D eigenvalue weighted by Gasteiger charge is -2.37. The van der Waals surface area contributed by atoms with Crippen molar-refractivity contribution in [3.63, 3.8) is 0 Å². The average molecular weight is 207 g/mol. The lowest BCUT2D eigenvalue weighted by atomic mass is 10.1. The van der Waals surface area contributed by atoms with Crippen LogP contribution in [-0.2, 0) is 4.74 Å². The molecule has 0 aromatic heterocycles. The summed E-state index contributed by atoms with van der Waals surface area (Å²) in [4.78, 5) is 2.29. The highest BCUT2D eigenvalue weighted by molar-refractivity contribution is 5.35. The monoisotopic (exact) mass is 207 g/mol. The third kappa shape index (κ3) is 2.15. The first kappa shape index (κ1) is 10.1. The molecule has 0 spiro atoms. The lowest BCUT2D eigenvalue weighted by molar-refractivity contribution is 0.0186. The van der Waals surface area contributed by atoms with Crippen LogP contribution in [-0.4, -0.2) is 30.7 Å². The summed E-state index contributed by atoms with van der Waals surface area (Å²) in [5, 5.41) is 2.97. The van der Waals surface area contributed by atoms with Gasteiger partial charge in [-0.2, -0.15) is 0 Å². The van der Waals surface area contributed by atoms with Crippen LogP contribution < -0.4 is 11.1 Å². The Kier molecular flexibility index (Phi) is 2.68. The number of nitrogens with zero attached hydrogens (tertiary/aromatic N) is 1. The van der Waals surface area contributed by atoms with Gasteiger partial charge in [0.05, 0.1) is 13.2 Å². The second-order valence-electron chi connectivity index (χ2n) is 3.94. The number of ether oxygens (including phenoxy) is 1. The van der Waals surface area contributed by atoms with Crippen LogP contribution in [0.15, 0.2) is 35.9 Å². The zero-order valence-electron chi connectivity index (χ0n) is 8.99. The zero-order chi connectivity index (χ0) is 10.8. The van der Waals surface area contributed by atoms with Crippen molar-refractivity contribution >= 4 is 0 Å². The van der Waals surface area contributed by atoms with Crippen molar-refractivity contribution in [1.82, 2.24) is 10.2 Å². The Bertz CT molecular complexity index is 333. The van der Waals surface area contributed by atoms with E-state index in [0.717, 1.165) is 31.2 Å². The zero-order valence-corrected chi connectivity index (χ0v) is 8.99. The first-order valence-corrected chi connectivity index (χ1v) is 5.16. The van der Waals surface area contributed by atoms with E-state index < -0.39 is 0 Å². The van der Waals surface area contributed by atoms with Gasteiger partial charge in [-0.1, -0.05) is 6.58 Å². The summed E-state index contributed by atoms with van der Waals surface area (Å²) in [6.07, 6.45) is 3.95. The van der Waals surface area contributed by atoms with Gasteiger partial charge < -0.3 is 20.7 Å². The van der Waals surface area contributed by atoms with Crippen LogP contribution >= 0.6 is 0 Å². The molecule has 2 aliphatic rings. The molecule has 2 heterocycles. The molecule has 1 atom stereocenters. The molecule has 3 N–H and O–H groups in total. The van der Waals surface area contributed by atoms with Gasteiger partial charge in [0, 0.05) is 30.1 Å². The van der Waals surface area contributed by atoms with Crippen molar-refractivity contribution in [2.75, 3.05) is 19.8 Å². The van der Waals surface area contributed by atoms with Crippen molar-refractivity contribution in [3.8, 4) is 0 Å². The molecule has 4 heteroatoms. The number of allylic oxidation sites excluding steroid dienone is 2. The molecule has 82 valence electrons. The van der Waals surface area contributed by atoms with Gasteiger partial charge in [-0.05, 0) is 13.0 Å². The third-order valence-corrected chi connectivity index (χ3v) is 2.63. The minimum Gasteiger partial charge on any atom is -0.385 e. The molecule has 15 heavy (non-hydrogen) atoms. The van der Waals surface area contributed by atoms with Gasteiger partial charge >= 0.3 is 0 Å². The van der Waals surface area contributed by atoms with Gasteiger partial charge in [0.2, 0.25) is 0 Å². The SMILES string of the molecule is C=C1C=C(N2CCOCC2C)C=C(N)N1. The summed E-state index contributed by atoms with van der Waals surface area (Å²) in [5.41, 5.74) is 7.71. The van der Waals surface area contributed by atoms with E-state index in [0.29, 0.717) is 11.9 Å². The Labute approximate surface area is 90.1 Å². The number of rotatable bonds is 1. The van der Waals surface area contributed by atoms with E-state index in [-0.39, 0.29) is 0 Å². The first-order chi connectivity index (χ1) is 7.16. The standard InChI is InChI=1S/C11H17N3O/c1-8-5-10(6-11(12)13-8)14-3-4-15-7-9(14)2/h5-6,9,13H,1,3-4,7,12H2,2H3. The van der Waals surface area contributed by atoms with Crippen LogP contribution in [0.4, 0.5) is 0 Å². The topological polar surface area (TPSA) is 50.5 Å². The van der Waals surface area contributed by atoms with Gasteiger partial charge in [-0.3, -0.25) is 0 Å². The molecule has 0 amide bonds. The van der Waals surface area contributed by atoms with E-state index in [9.17, 15) is 0 Å². The Morgan fingerprint density at radius 3 is 3.07 bits per heavy atom. The van der Waals surface area contributed by atoms with Crippen LogP contribution in [0, 0.1) is 0 Å². The molecule has 2 rings (SSSR count). The van der Waals surface area contributed by atoms with E-state index in [1.165, 1.54) is 0 Å². The molecule has 1 unspecified atom stereocenters. The number of morpholine rings is 1. The molecule has 0 aromatic rings. The number of hydrogen-bond acceptors (Lipinski definition) is 4. The van der Waals surface area contributed by atoms with Gasteiger partial charge in [-0.25, -0.2) is 0 Å². The number of dihydropyridines is 1. The van der Waals surface area contributed by atoms with Crippen LogP contribution in [0.5, 0.6) is 0 Å². The van der Waals surface area contributed by atoms with E-state index in [4.69, 9.17) is 10.5 Å². The molecule has 0 radical (unpaired) electrons. The molecular formula is C11H17N3O. The fourth-order valence-electron chi connectivity index (χ4n) is 1.91. The van der Waals surface area contributed by atoms with Crippen molar-refractivity contribution < 1.29 is 4.74 Å². The predicted octanol–water partition coefficient (Wildman–Crippen LogP) is 0.508. The summed E-state index contributed by atoms with van der Waals surface area (Å²) in [5.74, 6) is 0.649. The summed E-state index contributed by atoms with van der Waals surface area (Å²) in [6, 6.07) is 0.389. The normalized spacial score (nSPS) is 26.9. The fraction of sp³-hybridized carbons (Fsp3) is 0.455. The summed E-state index contributed by atoms with van der Waals surface area (Å²) >= 11 is 0. The number of hydrogen-bond donors (Lipinski definition) is 2. The molecule has 1 fully saturated rings. The summed E-state index contributed by atoms with van der Waals surface area (Å²) in [6.45, 7) is 8.46. The molecular weight excluding hydrogens is 190 g/mol. The van der Waals surface area contributed by atoms with Gasteiger partial charge in [0.25, 0.3) is 0 Å². The van der Waals surface area contributed by atoms with Crippen molar-refractivity contribution in [1.29, 1.82) is 0 Å². The van der Waals surface area contributed by atoms with Crippen molar-refractivity contribution in [3.05, 3.63) is 35.9 Å².